The van der Waals surface area contributed by atoms with Crippen LogP contribution in [-0.2, 0) is 23.7 Å². The first kappa shape index (κ1) is 92.3. The number of carbonyl (C=O) groups is 1. The highest BCUT2D eigenvalue weighted by Crippen LogP contribution is 2.31. The zero-order valence-corrected chi connectivity index (χ0v) is 63.6. The van der Waals surface area contributed by atoms with Crippen LogP contribution in [0.1, 0.15) is 399 Å². The van der Waals surface area contributed by atoms with E-state index in [2.05, 4.69) is 55.6 Å². The second-order valence-electron chi connectivity index (χ2n) is 30.0. The Bertz CT molecular complexity index is 1780. The second kappa shape index (κ2) is 68.3. The van der Waals surface area contributed by atoms with E-state index in [-0.39, 0.29) is 12.5 Å². The quantitative estimate of drug-likeness (QED) is 0.0204. The Hall–Kier alpha value is -1.79. The largest absolute Gasteiger partial charge is 0.394 e. The number of aliphatic hydroxyl groups is 8. The molecule has 12 atom stereocenters. The molecule has 2 fully saturated rings. The Morgan fingerprint density at radius 1 is 0.367 bits per heavy atom. The van der Waals surface area contributed by atoms with Crippen LogP contribution in [0.3, 0.4) is 0 Å². The van der Waals surface area contributed by atoms with E-state index in [1.165, 1.54) is 308 Å². The highest BCUT2D eigenvalue weighted by Gasteiger charge is 2.51. The van der Waals surface area contributed by atoms with Gasteiger partial charge in [0.15, 0.2) is 12.6 Å². The van der Waals surface area contributed by atoms with Crippen molar-refractivity contribution >= 4 is 5.91 Å². The standard InChI is InChI=1S/C84H159NO13/c1-3-5-7-9-11-13-15-17-19-21-23-25-27-29-31-33-35-36-38-40-42-44-46-48-50-52-54-56-58-60-62-64-66-68-76(89)85-72(71-95-83-81(94)79(92)82(75(70-87)97-83)98-84-80(93)78(91)77(90)74(69-86)96-84)73(88)67-65-63-61-59-57-55-53-51-49-47-45-43-41-39-37-34-32-30-28-26-24-22-20-18-16-14-12-10-8-6-4-2/h15,17,21,23,27,29,72-75,77-84,86-88,90-94H,3-14,16,18-20,22,24-26,28,30-71H2,1-2H3,(H,85,89)/b17-15-,23-21-,29-27-. The molecule has 2 aliphatic heterocycles. The maximum absolute atomic E-state index is 13.4. The predicted octanol–water partition coefficient (Wildman–Crippen LogP) is 19.6. The van der Waals surface area contributed by atoms with Gasteiger partial charge in [0.05, 0.1) is 32.0 Å². The fraction of sp³-hybridized carbons (Fsp3) is 0.917. The van der Waals surface area contributed by atoms with Crippen molar-refractivity contribution in [3.63, 3.8) is 0 Å². The molecule has 578 valence electrons. The third-order valence-electron chi connectivity index (χ3n) is 20.9. The van der Waals surface area contributed by atoms with E-state index >= 15 is 0 Å². The molecule has 0 spiro atoms. The molecular weight excluding hydrogens is 1230 g/mol. The molecule has 14 nitrogen and oxygen atoms in total. The summed E-state index contributed by atoms with van der Waals surface area (Å²) in [7, 11) is 0. The molecule has 0 saturated carbocycles. The minimum atomic E-state index is -1.78. The number of nitrogens with one attached hydrogen (secondary N) is 1. The summed E-state index contributed by atoms with van der Waals surface area (Å²) in [6.07, 6.45) is 73.4. The Kier molecular flexibility index (Phi) is 64.3. The van der Waals surface area contributed by atoms with E-state index in [0.717, 1.165) is 64.2 Å². The van der Waals surface area contributed by atoms with Crippen LogP contribution < -0.4 is 5.32 Å². The average molecular weight is 1390 g/mol. The predicted molar refractivity (Wildman–Crippen MR) is 406 cm³/mol. The van der Waals surface area contributed by atoms with Crippen LogP contribution >= 0.6 is 0 Å². The number of allylic oxidation sites excluding steroid dienone is 6. The maximum atomic E-state index is 13.4. The Balaban J connectivity index is 1.59. The summed E-state index contributed by atoms with van der Waals surface area (Å²) in [6.45, 7) is 2.92. The fourth-order valence-electron chi connectivity index (χ4n) is 14.2. The van der Waals surface area contributed by atoms with Gasteiger partial charge in [0, 0.05) is 6.42 Å². The second-order valence-corrected chi connectivity index (χ2v) is 30.0. The van der Waals surface area contributed by atoms with Gasteiger partial charge in [-0.25, -0.2) is 0 Å². The van der Waals surface area contributed by atoms with Gasteiger partial charge in [-0.15, -0.1) is 0 Å². The molecule has 2 saturated heterocycles. The summed E-state index contributed by atoms with van der Waals surface area (Å²) >= 11 is 0. The maximum Gasteiger partial charge on any atom is 0.220 e. The Morgan fingerprint density at radius 2 is 0.673 bits per heavy atom. The molecule has 12 unspecified atom stereocenters. The summed E-state index contributed by atoms with van der Waals surface area (Å²) in [6, 6.07) is -0.830. The van der Waals surface area contributed by atoms with E-state index in [9.17, 15) is 45.6 Å². The van der Waals surface area contributed by atoms with Gasteiger partial charge in [0.1, 0.15) is 48.8 Å². The molecule has 2 aliphatic rings. The molecule has 9 N–H and O–H groups in total. The van der Waals surface area contributed by atoms with Crippen LogP contribution in [0.5, 0.6) is 0 Å². The molecule has 0 bridgehead atoms. The number of hydrogen-bond acceptors (Lipinski definition) is 13. The van der Waals surface area contributed by atoms with Crippen molar-refractivity contribution in [2.75, 3.05) is 19.8 Å². The van der Waals surface area contributed by atoms with E-state index in [1.54, 1.807) is 0 Å². The fourth-order valence-corrected chi connectivity index (χ4v) is 14.2. The normalized spacial score (nSPS) is 22.1. The third kappa shape index (κ3) is 50.6. The molecule has 1 amide bonds. The summed E-state index contributed by atoms with van der Waals surface area (Å²) in [5, 5.41) is 88.0. The van der Waals surface area contributed by atoms with Crippen molar-refractivity contribution in [2.45, 2.75) is 473 Å². The summed E-state index contributed by atoms with van der Waals surface area (Å²) in [5.74, 6) is -0.199. The number of aliphatic hydroxyl groups excluding tert-OH is 8. The van der Waals surface area contributed by atoms with Crippen LogP contribution in [0.15, 0.2) is 36.5 Å². The molecule has 14 heteroatoms. The van der Waals surface area contributed by atoms with E-state index in [0.29, 0.717) is 12.8 Å². The van der Waals surface area contributed by atoms with E-state index in [1.807, 2.05) is 0 Å². The van der Waals surface area contributed by atoms with Crippen LogP contribution in [0.4, 0.5) is 0 Å². The summed E-state index contributed by atoms with van der Waals surface area (Å²) in [4.78, 5) is 13.4. The zero-order chi connectivity index (χ0) is 70.8. The molecule has 0 aromatic carbocycles. The van der Waals surface area contributed by atoms with Crippen LogP contribution in [0, 0.1) is 0 Å². The molecule has 0 radical (unpaired) electrons. The number of carbonyl (C=O) groups excluding carboxylic acids is 1. The lowest BCUT2D eigenvalue weighted by molar-refractivity contribution is -0.359. The van der Waals surface area contributed by atoms with Gasteiger partial charge in [0.2, 0.25) is 5.91 Å². The number of rotatable bonds is 72. The van der Waals surface area contributed by atoms with Crippen molar-refractivity contribution in [2.24, 2.45) is 0 Å². The van der Waals surface area contributed by atoms with Gasteiger partial charge in [-0.05, 0) is 51.4 Å². The van der Waals surface area contributed by atoms with Crippen molar-refractivity contribution in [3.05, 3.63) is 36.5 Å². The van der Waals surface area contributed by atoms with E-state index in [4.69, 9.17) is 18.9 Å². The first-order valence-corrected chi connectivity index (χ1v) is 42.2. The number of unbranched alkanes of at least 4 members (excludes halogenated alkanes) is 53. The molecule has 0 aliphatic carbocycles. The highest BCUT2D eigenvalue weighted by molar-refractivity contribution is 5.76. The van der Waals surface area contributed by atoms with Crippen molar-refractivity contribution in [3.8, 4) is 0 Å². The monoisotopic (exact) mass is 1390 g/mol. The first-order valence-electron chi connectivity index (χ1n) is 42.2. The summed E-state index contributed by atoms with van der Waals surface area (Å²) in [5.41, 5.74) is 0. The highest BCUT2D eigenvalue weighted by atomic mass is 16.7. The lowest BCUT2D eigenvalue weighted by Gasteiger charge is -2.46. The molecule has 0 aromatic rings. The summed E-state index contributed by atoms with van der Waals surface area (Å²) < 4.78 is 23.0. The zero-order valence-electron chi connectivity index (χ0n) is 63.6. The van der Waals surface area contributed by atoms with Crippen LogP contribution in [0.25, 0.3) is 0 Å². The number of ether oxygens (including phenoxy) is 4. The topological polar surface area (TPSA) is 228 Å². The lowest BCUT2D eigenvalue weighted by atomic mass is 9.97. The van der Waals surface area contributed by atoms with Gasteiger partial charge in [-0.1, -0.05) is 378 Å². The van der Waals surface area contributed by atoms with Crippen LogP contribution in [-0.4, -0.2) is 140 Å². The number of hydrogen-bond donors (Lipinski definition) is 9. The SMILES string of the molecule is CCCCCCC/C=C\C/C=C\C/C=C\CCCCCCCCCCCCCCCCCCCCC(=O)NC(COC1OC(CO)C(OC2OC(CO)C(O)C(O)C2O)C(O)C1O)C(O)CCCCCCCCCCCCCCCCCCCCCCCCCCCCCCCCC. The molecular formula is C84H159NO13. The number of amides is 1. The molecule has 0 aromatic heterocycles. The van der Waals surface area contributed by atoms with Crippen molar-refractivity contribution in [1.29, 1.82) is 0 Å². The van der Waals surface area contributed by atoms with Crippen molar-refractivity contribution in [1.82, 2.24) is 5.32 Å². The smallest absolute Gasteiger partial charge is 0.220 e. The molecule has 2 heterocycles. The third-order valence-corrected chi connectivity index (χ3v) is 20.9. The van der Waals surface area contributed by atoms with Crippen LogP contribution in [0.2, 0.25) is 0 Å². The lowest BCUT2D eigenvalue weighted by Crippen LogP contribution is -2.65. The van der Waals surface area contributed by atoms with Crippen molar-refractivity contribution < 1.29 is 64.6 Å². The van der Waals surface area contributed by atoms with Gasteiger partial charge in [-0.2, -0.15) is 0 Å². The molecule has 98 heavy (non-hydrogen) atoms. The van der Waals surface area contributed by atoms with Gasteiger partial charge < -0.3 is 65.1 Å². The molecule has 2 rings (SSSR count). The van der Waals surface area contributed by atoms with E-state index < -0.39 is 86.8 Å². The Morgan fingerprint density at radius 3 is 1.03 bits per heavy atom. The van der Waals surface area contributed by atoms with Gasteiger partial charge >= 0.3 is 0 Å². The Labute approximate surface area is 601 Å². The first-order chi connectivity index (χ1) is 48.1. The minimum absolute atomic E-state index is 0.199. The minimum Gasteiger partial charge on any atom is -0.394 e. The van der Waals surface area contributed by atoms with Gasteiger partial charge in [0.25, 0.3) is 0 Å². The van der Waals surface area contributed by atoms with Gasteiger partial charge in [-0.3, -0.25) is 4.79 Å². The average Bonchev–Trinajstić information content (AvgIpc) is 0.793.